The summed E-state index contributed by atoms with van der Waals surface area (Å²) in [5.41, 5.74) is 0. The van der Waals surface area contributed by atoms with Crippen LogP contribution in [0.1, 0.15) is 19.3 Å². The number of aliphatic hydroxyl groups excluding tert-OH is 2. The third kappa shape index (κ3) is 6.28. The van der Waals surface area contributed by atoms with Crippen LogP contribution in [0.2, 0.25) is 0 Å². The van der Waals surface area contributed by atoms with Crippen LogP contribution in [-0.2, 0) is 0 Å². The number of hydrogen-bond acceptors (Lipinski definition) is 2. The SMILES string of the molecule is OCCCCC(Br)CO. The fourth-order valence-electron chi connectivity index (χ4n) is 0.569. The number of rotatable bonds is 5. The van der Waals surface area contributed by atoms with E-state index in [1.54, 1.807) is 0 Å². The molecule has 1 atom stereocenters. The van der Waals surface area contributed by atoms with Crippen LogP contribution >= 0.6 is 15.9 Å². The molecule has 0 saturated heterocycles. The van der Waals surface area contributed by atoms with Gasteiger partial charge in [0, 0.05) is 11.4 Å². The van der Waals surface area contributed by atoms with Crippen molar-refractivity contribution in [2.75, 3.05) is 13.2 Å². The summed E-state index contributed by atoms with van der Waals surface area (Å²) >= 11 is 3.28. The molecule has 2 nitrogen and oxygen atoms in total. The molecule has 3 heteroatoms. The minimum atomic E-state index is 0.186. The number of unbranched alkanes of at least 4 members (excludes halogenated alkanes) is 1. The molecular weight excluding hydrogens is 184 g/mol. The zero-order valence-electron chi connectivity index (χ0n) is 5.39. The summed E-state index contributed by atoms with van der Waals surface area (Å²) in [7, 11) is 0. The maximum absolute atomic E-state index is 8.52. The standard InChI is InChI=1S/C6H13BrO2/c7-6(5-9)3-1-2-4-8/h6,8-9H,1-5H2. The molecule has 0 fully saturated rings. The number of halogens is 1. The van der Waals surface area contributed by atoms with E-state index in [1.807, 2.05) is 0 Å². The van der Waals surface area contributed by atoms with Gasteiger partial charge in [-0.05, 0) is 19.3 Å². The minimum Gasteiger partial charge on any atom is -0.396 e. The van der Waals surface area contributed by atoms with Crippen molar-refractivity contribution in [3.05, 3.63) is 0 Å². The first-order chi connectivity index (χ1) is 4.31. The van der Waals surface area contributed by atoms with E-state index >= 15 is 0 Å². The summed E-state index contributed by atoms with van der Waals surface area (Å²) < 4.78 is 0. The molecule has 0 aliphatic carbocycles. The van der Waals surface area contributed by atoms with Gasteiger partial charge in [0.05, 0.1) is 6.61 Å². The first kappa shape index (κ1) is 9.40. The Morgan fingerprint density at radius 2 is 1.89 bits per heavy atom. The second-order valence-corrected chi connectivity index (χ2v) is 3.29. The average molecular weight is 197 g/mol. The highest BCUT2D eigenvalue weighted by Crippen LogP contribution is 2.07. The smallest absolute Gasteiger partial charge is 0.0556 e. The van der Waals surface area contributed by atoms with Crippen LogP contribution in [0.3, 0.4) is 0 Å². The van der Waals surface area contributed by atoms with Crippen LogP contribution in [0, 0.1) is 0 Å². The van der Waals surface area contributed by atoms with Crippen molar-refractivity contribution in [2.24, 2.45) is 0 Å². The van der Waals surface area contributed by atoms with Gasteiger partial charge in [0.1, 0.15) is 0 Å². The summed E-state index contributed by atoms with van der Waals surface area (Å²) in [6, 6.07) is 0. The van der Waals surface area contributed by atoms with Gasteiger partial charge in [-0.15, -0.1) is 0 Å². The van der Waals surface area contributed by atoms with Crippen LogP contribution in [0.5, 0.6) is 0 Å². The molecule has 0 rings (SSSR count). The molecule has 0 aromatic heterocycles. The van der Waals surface area contributed by atoms with Crippen molar-refractivity contribution in [3.63, 3.8) is 0 Å². The van der Waals surface area contributed by atoms with Crippen molar-refractivity contribution in [1.82, 2.24) is 0 Å². The van der Waals surface area contributed by atoms with E-state index in [-0.39, 0.29) is 18.0 Å². The Bertz CT molecular complexity index is 59.0. The van der Waals surface area contributed by atoms with E-state index in [4.69, 9.17) is 10.2 Å². The van der Waals surface area contributed by atoms with E-state index in [0.29, 0.717) is 0 Å². The average Bonchev–Trinajstić information content (AvgIpc) is 1.89. The van der Waals surface area contributed by atoms with E-state index in [1.165, 1.54) is 0 Å². The summed E-state index contributed by atoms with van der Waals surface area (Å²) in [5.74, 6) is 0. The second-order valence-electron chi connectivity index (χ2n) is 2.00. The van der Waals surface area contributed by atoms with E-state index < -0.39 is 0 Å². The van der Waals surface area contributed by atoms with Gasteiger partial charge >= 0.3 is 0 Å². The fraction of sp³-hybridized carbons (Fsp3) is 1.00. The maximum Gasteiger partial charge on any atom is 0.0556 e. The van der Waals surface area contributed by atoms with Gasteiger partial charge in [0.25, 0.3) is 0 Å². The maximum atomic E-state index is 8.52. The second kappa shape index (κ2) is 6.52. The third-order valence-electron chi connectivity index (χ3n) is 1.12. The van der Waals surface area contributed by atoms with Crippen molar-refractivity contribution in [1.29, 1.82) is 0 Å². The van der Waals surface area contributed by atoms with Crippen LogP contribution in [0.4, 0.5) is 0 Å². The molecule has 0 aromatic rings. The molecular formula is C6H13BrO2. The Morgan fingerprint density at radius 1 is 1.22 bits per heavy atom. The van der Waals surface area contributed by atoms with Gasteiger partial charge in [-0.2, -0.15) is 0 Å². The zero-order chi connectivity index (χ0) is 7.11. The highest BCUT2D eigenvalue weighted by Gasteiger charge is 1.99. The van der Waals surface area contributed by atoms with Crippen molar-refractivity contribution >= 4 is 15.9 Å². The molecule has 2 N–H and O–H groups in total. The monoisotopic (exact) mass is 196 g/mol. The Hall–Kier alpha value is 0.400. The van der Waals surface area contributed by atoms with Gasteiger partial charge in [-0.3, -0.25) is 0 Å². The number of hydrogen-bond donors (Lipinski definition) is 2. The van der Waals surface area contributed by atoms with Crippen LogP contribution in [0.25, 0.3) is 0 Å². The lowest BCUT2D eigenvalue weighted by Crippen LogP contribution is -2.03. The highest BCUT2D eigenvalue weighted by atomic mass is 79.9. The molecule has 0 radical (unpaired) electrons. The largest absolute Gasteiger partial charge is 0.396 e. The summed E-state index contributed by atoms with van der Waals surface area (Å²) in [4.78, 5) is 0.212. The Kier molecular flexibility index (Phi) is 6.81. The fourth-order valence-corrected chi connectivity index (χ4v) is 0.893. The Balaban J connectivity index is 2.88. The van der Waals surface area contributed by atoms with Crippen molar-refractivity contribution in [2.45, 2.75) is 24.1 Å². The van der Waals surface area contributed by atoms with Gasteiger partial charge in [0.2, 0.25) is 0 Å². The molecule has 0 heterocycles. The molecule has 0 aromatic carbocycles. The molecule has 56 valence electrons. The molecule has 9 heavy (non-hydrogen) atoms. The predicted octanol–water partition coefficient (Wildman–Crippen LogP) is 0.905. The van der Waals surface area contributed by atoms with Gasteiger partial charge in [0.15, 0.2) is 0 Å². The van der Waals surface area contributed by atoms with Crippen molar-refractivity contribution in [3.8, 4) is 0 Å². The van der Waals surface area contributed by atoms with Crippen LogP contribution in [0.15, 0.2) is 0 Å². The molecule has 0 spiro atoms. The summed E-state index contributed by atoms with van der Waals surface area (Å²) in [6.07, 6.45) is 2.76. The zero-order valence-corrected chi connectivity index (χ0v) is 6.97. The highest BCUT2D eigenvalue weighted by molar-refractivity contribution is 9.09. The van der Waals surface area contributed by atoms with Crippen LogP contribution < -0.4 is 0 Å². The molecule has 0 bridgehead atoms. The quantitative estimate of drug-likeness (QED) is 0.507. The predicted molar refractivity (Wildman–Crippen MR) is 40.7 cm³/mol. The third-order valence-corrected chi connectivity index (χ3v) is 1.87. The van der Waals surface area contributed by atoms with Crippen molar-refractivity contribution < 1.29 is 10.2 Å². The van der Waals surface area contributed by atoms with Gasteiger partial charge in [-0.25, -0.2) is 0 Å². The molecule has 0 amide bonds. The Morgan fingerprint density at radius 3 is 2.33 bits per heavy atom. The lowest BCUT2D eigenvalue weighted by atomic mass is 10.2. The first-order valence-electron chi connectivity index (χ1n) is 3.17. The topological polar surface area (TPSA) is 40.5 Å². The molecule has 1 unspecified atom stereocenters. The summed E-state index contributed by atoms with van der Waals surface area (Å²) in [5, 5.41) is 16.9. The van der Waals surface area contributed by atoms with Gasteiger partial charge in [-0.1, -0.05) is 15.9 Å². The van der Waals surface area contributed by atoms with E-state index in [9.17, 15) is 0 Å². The van der Waals surface area contributed by atoms with Gasteiger partial charge < -0.3 is 10.2 Å². The minimum absolute atomic E-state index is 0.186. The van der Waals surface area contributed by atoms with E-state index in [0.717, 1.165) is 19.3 Å². The van der Waals surface area contributed by atoms with E-state index in [2.05, 4.69) is 15.9 Å². The Labute approximate surface area is 64.0 Å². The number of aliphatic hydroxyl groups is 2. The normalized spacial score (nSPS) is 13.7. The number of alkyl halides is 1. The lowest BCUT2D eigenvalue weighted by molar-refractivity contribution is 0.270. The lowest BCUT2D eigenvalue weighted by Gasteiger charge is -2.02. The summed E-state index contributed by atoms with van der Waals surface area (Å²) in [6.45, 7) is 0.441. The van der Waals surface area contributed by atoms with Crippen LogP contribution in [-0.4, -0.2) is 28.3 Å². The molecule has 0 aliphatic heterocycles. The molecule has 0 saturated carbocycles. The first-order valence-corrected chi connectivity index (χ1v) is 4.08. The molecule has 0 aliphatic rings.